The summed E-state index contributed by atoms with van der Waals surface area (Å²) in [6.07, 6.45) is 0. The van der Waals surface area contributed by atoms with Crippen molar-refractivity contribution < 1.29 is 13.2 Å². The molecule has 1 aromatic heterocycles. The van der Waals surface area contributed by atoms with Crippen molar-refractivity contribution in [2.75, 3.05) is 7.05 Å². The van der Waals surface area contributed by atoms with E-state index in [0.717, 1.165) is 5.56 Å². The van der Waals surface area contributed by atoms with Crippen LogP contribution in [0.5, 0.6) is 0 Å². The van der Waals surface area contributed by atoms with E-state index in [2.05, 4.69) is 5.32 Å². The lowest BCUT2D eigenvalue weighted by Crippen LogP contribution is -2.16. The fourth-order valence-corrected chi connectivity index (χ4v) is 2.32. The maximum absolute atomic E-state index is 13.7. The Bertz CT molecular complexity index is 734. The van der Waals surface area contributed by atoms with Gasteiger partial charge in [0.25, 0.3) is 0 Å². The number of rotatable bonds is 3. The van der Waals surface area contributed by atoms with Gasteiger partial charge in [-0.1, -0.05) is 24.3 Å². The molecular weight excluding hydrogens is 260 g/mol. The van der Waals surface area contributed by atoms with Gasteiger partial charge in [-0.3, -0.25) is 0 Å². The highest BCUT2D eigenvalue weighted by Crippen LogP contribution is 2.29. The van der Waals surface area contributed by atoms with Crippen molar-refractivity contribution in [3.63, 3.8) is 0 Å². The number of nitrogens with one attached hydrogen (secondary N) is 1. The van der Waals surface area contributed by atoms with Gasteiger partial charge in [0.15, 0.2) is 11.4 Å². The number of halogens is 2. The molecule has 0 radical (unpaired) electrons. The molecule has 3 aromatic rings. The minimum Gasteiger partial charge on any atom is -0.456 e. The largest absolute Gasteiger partial charge is 0.456 e. The lowest BCUT2D eigenvalue weighted by molar-refractivity contribution is 0.476. The molecule has 20 heavy (non-hydrogen) atoms. The molecule has 1 unspecified atom stereocenters. The first kappa shape index (κ1) is 12.8. The minimum absolute atomic E-state index is 0.241. The molecule has 1 atom stereocenters. The molecule has 2 nitrogen and oxygen atoms in total. The molecule has 0 saturated heterocycles. The van der Waals surface area contributed by atoms with Crippen LogP contribution in [0.25, 0.3) is 11.0 Å². The second kappa shape index (κ2) is 5.06. The SMILES string of the molecule is CNC(c1ccc(F)cc1)c1cc2cccc(F)c2o1. The third-order valence-corrected chi connectivity index (χ3v) is 3.29. The van der Waals surface area contributed by atoms with Gasteiger partial charge in [0.1, 0.15) is 11.6 Å². The highest BCUT2D eigenvalue weighted by Gasteiger charge is 2.18. The van der Waals surface area contributed by atoms with E-state index in [1.807, 2.05) is 0 Å². The molecule has 102 valence electrons. The van der Waals surface area contributed by atoms with Crippen molar-refractivity contribution in [1.29, 1.82) is 0 Å². The van der Waals surface area contributed by atoms with Gasteiger partial charge >= 0.3 is 0 Å². The molecular formula is C16H13F2NO. The highest BCUT2D eigenvalue weighted by molar-refractivity contribution is 5.78. The van der Waals surface area contributed by atoms with Crippen molar-refractivity contribution >= 4 is 11.0 Å². The molecule has 0 aliphatic carbocycles. The second-order valence-corrected chi connectivity index (χ2v) is 4.58. The Morgan fingerprint density at radius 2 is 1.80 bits per heavy atom. The quantitative estimate of drug-likeness (QED) is 0.779. The Morgan fingerprint density at radius 3 is 2.45 bits per heavy atom. The van der Waals surface area contributed by atoms with Gasteiger partial charge in [-0.2, -0.15) is 0 Å². The van der Waals surface area contributed by atoms with Crippen molar-refractivity contribution in [2.45, 2.75) is 6.04 Å². The van der Waals surface area contributed by atoms with E-state index in [0.29, 0.717) is 11.1 Å². The van der Waals surface area contributed by atoms with Gasteiger partial charge in [-0.15, -0.1) is 0 Å². The van der Waals surface area contributed by atoms with Gasteiger partial charge < -0.3 is 9.73 Å². The van der Waals surface area contributed by atoms with Gasteiger partial charge in [0.05, 0.1) is 6.04 Å². The van der Waals surface area contributed by atoms with E-state index in [9.17, 15) is 8.78 Å². The van der Waals surface area contributed by atoms with Crippen LogP contribution >= 0.6 is 0 Å². The van der Waals surface area contributed by atoms with Crippen molar-refractivity contribution in [3.8, 4) is 0 Å². The van der Waals surface area contributed by atoms with E-state index in [1.54, 1.807) is 37.4 Å². The Labute approximate surface area is 115 Å². The molecule has 1 heterocycles. The van der Waals surface area contributed by atoms with Crippen LogP contribution < -0.4 is 5.32 Å². The topological polar surface area (TPSA) is 25.2 Å². The molecule has 0 fully saturated rings. The average Bonchev–Trinajstić information content (AvgIpc) is 2.87. The smallest absolute Gasteiger partial charge is 0.169 e. The Morgan fingerprint density at radius 1 is 1.05 bits per heavy atom. The predicted molar refractivity (Wildman–Crippen MR) is 73.5 cm³/mol. The average molecular weight is 273 g/mol. The van der Waals surface area contributed by atoms with Crippen molar-refractivity contribution in [1.82, 2.24) is 5.32 Å². The summed E-state index contributed by atoms with van der Waals surface area (Å²) in [6.45, 7) is 0. The normalized spacial score (nSPS) is 12.8. The molecule has 1 N–H and O–H groups in total. The summed E-state index contributed by atoms with van der Waals surface area (Å²) in [5, 5.41) is 3.81. The van der Waals surface area contributed by atoms with Gasteiger partial charge in [-0.05, 0) is 36.9 Å². The van der Waals surface area contributed by atoms with Gasteiger partial charge in [0.2, 0.25) is 0 Å². The number of hydrogen-bond acceptors (Lipinski definition) is 2. The number of benzene rings is 2. The Balaban J connectivity index is 2.07. The zero-order chi connectivity index (χ0) is 14.1. The number of fused-ring (bicyclic) bond motifs is 1. The monoisotopic (exact) mass is 273 g/mol. The lowest BCUT2D eigenvalue weighted by atomic mass is 10.0. The van der Waals surface area contributed by atoms with Crippen molar-refractivity contribution in [3.05, 3.63) is 71.5 Å². The standard InChI is InChI=1S/C16H13F2NO/c1-19-15(10-5-7-12(17)8-6-10)14-9-11-3-2-4-13(18)16(11)20-14/h2-9,15,19H,1H3. The van der Waals surface area contributed by atoms with Crippen LogP contribution in [-0.4, -0.2) is 7.05 Å². The van der Waals surface area contributed by atoms with Crippen LogP contribution in [0.1, 0.15) is 17.4 Å². The van der Waals surface area contributed by atoms with E-state index in [1.165, 1.54) is 18.2 Å². The zero-order valence-corrected chi connectivity index (χ0v) is 10.9. The van der Waals surface area contributed by atoms with Crippen LogP contribution in [0.15, 0.2) is 52.9 Å². The minimum atomic E-state index is -0.386. The van der Waals surface area contributed by atoms with E-state index < -0.39 is 0 Å². The van der Waals surface area contributed by atoms with Crippen LogP contribution in [0.2, 0.25) is 0 Å². The molecule has 0 spiro atoms. The summed E-state index contributed by atoms with van der Waals surface area (Å²) in [6, 6.07) is 12.5. The molecule has 0 aliphatic heterocycles. The fraction of sp³-hybridized carbons (Fsp3) is 0.125. The highest BCUT2D eigenvalue weighted by atomic mass is 19.1. The van der Waals surface area contributed by atoms with Gasteiger partial charge in [-0.25, -0.2) is 8.78 Å². The number of para-hydroxylation sites is 1. The molecule has 3 rings (SSSR count). The van der Waals surface area contributed by atoms with E-state index in [4.69, 9.17) is 4.42 Å². The first-order chi connectivity index (χ1) is 9.69. The lowest BCUT2D eigenvalue weighted by Gasteiger charge is -2.13. The Hall–Kier alpha value is -2.20. The van der Waals surface area contributed by atoms with Crippen molar-refractivity contribution in [2.24, 2.45) is 0 Å². The molecule has 0 bridgehead atoms. The maximum Gasteiger partial charge on any atom is 0.169 e. The summed E-state index contributed by atoms with van der Waals surface area (Å²) in [4.78, 5) is 0. The van der Waals surface area contributed by atoms with Crippen LogP contribution in [0.3, 0.4) is 0 Å². The maximum atomic E-state index is 13.7. The first-order valence-corrected chi connectivity index (χ1v) is 6.29. The summed E-state index contributed by atoms with van der Waals surface area (Å²) < 4.78 is 32.2. The number of hydrogen-bond donors (Lipinski definition) is 1. The molecule has 0 saturated carbocycles. The Kier molecular flexibility index (Phi) is 3.24. The molecule has 0 amide bonds. The van der Waals surface area contributed by atoms with Crippen LogP contribution in [-0.2, 0) is 0 Å². The summed E-state index contributed by atoms with van der Waals surface area (Å²) in [5.74, 6) is -0.0822. The zero-order valence-electron chi connectivity index (χ0n) is 10.9. The predicted octanol–water partition coefficient (Wildman–Crippen LogP) is 4.02. The van der Waals surface area contributed by atoms with Crippen LogP contribution in [0, 0.1) is 11.6 Å². The summed E-state index contributed by atoms with van der Waals surface area (Å²) in [5.41, 5.74) is 1.10. The second-order valence-electron chi connectivity index (χ2n) is 4.58. The van der Waals surface area contributed by atoms with Crippen LogP contribution in [0.4, 0.5) is 8.78 Å². The molecule has 0 aliphatic rings. The summed E-state index contributed by atoms with van der Waals surface area (Å²) >= 11 is 0. The molecule has 4 heteroatoms. The summed E-state index contributed by atoms with van der Waals surface area (Å²) in [7, 11) is 1.78. The van der Waals surface area contributed by atoms with Gasteiger partial charge in [0, 0.05) is 5.39 Å². The molecule has 2 aromatic carbocycles. The van der Waals surface area contributed by atoms with E-state index in [-0.39, 0.29) is 23.3 Å². The third-order valence-electron chi connectivity index (χ3n) is 3.29. The fourth-order valence-electron chi connectivity index (χ4n) is 2.32. The first-order valence-electron chi connectivity index (χ1n) is 6.29. The number of furan rings is 1. The van der Waals surface area contributed by atoms with E-state index >= 15 is 0 Å². The third kappa shape index (κ3) is 2.18.